The molecule has 158 valence electrons. The number of hydrogen-bond acceptors (Lipinski definition) is 6. The van der Waals surface area contributed by atoms with Gasteiger partial charge in [-0.05, 0) is 57.2 Å². The Kier molecular flexibility index (Phi) is 5.38. The summed E-state index contributed by atoms with van der Waals surface area (Å²) in [7, 11) is -4.02. The highest BCUT2D eigenvalue weighted by Crippen LogP contribution is 2.36. The van der Waals surface area contributed by atoms with Crippen LogP contribution < -0.4 is 4.90 Å². The second-order valence-electron chi connectivity index (χ2n) is 7.62. The number of rotatable bonds is 4. The van der Waals surface area contributed by atoms with E-state index in [4.69, 9.17) is 9.15 Å². The van der Waals surface area contributed by atoms with Gasteiger partial charge in [-0.2, -0.15) is 4.98 Å². The van der Waals surface area contributed by atoms with Crippen LogP contribution in [0.3, 0.4) is 0 Å². The van der Waals surface area contributed by atoms with Crippen molar-refractivity contribution in [3.63, 3.8) is 0 Å². The summed E-state index contributed by atoms with van der Waals surface area (Å²) in [6.45, 7) is 6.76. The van der Waals surface area contributed by atoms with E-state index in [2.05, 4.69) is 4.98 Å². The maximum Gasteiger partial charge on any atom is 0.236 e. The number of oxazole rings is 1. The fourth-order valence-corrected chi connectivity index (χ4v) is 4.88. The number of ether oxygens (including phenoxy) is 1. The van der Waals surface area contributed by atoms with Gasteiger partial charge in [0.1, 0.15) is 5.82 Å². The number of anilines is 1. The smallest absolute Gasteiger partial charge is 0.236 e. The third-order valence-electron chi connectivity index (χ3n) is 4.96. The van der Waals surface area contributed by atoms with Crippen molar-refractivity contribution in [3.8, 4) is 11.5 Å². The standard InChI is InChI=1S/C22H23FN2O4S/c1-14-4-6-17(7-5-14)20-24-21(30(26,27)19-10-8-18(23)9-11-19)22(29-20)25-12-15(2)28-16(3)13-25/h4-11,15-16H,12-13H2,1-3H3/t15-,16-/m0/s1. The Morgan fingerprint density at radius 3 is 2.20 bits per heavy atom. The van der Waals surface area contributed by atoms with Gasteiger partial charge in [-0.3, -0.25) is 0 Å². The molecule has 0 unspecified atom stereocenters. The van der Waals surface area contributed by atoms with Crippen LogP contribution in [0.1, 0.15) is 19.4 Å². The van der Waals surface area contributed by atoms with E-state index in [9.17, 15) is 12.8 Å². The molecule has 0 radical (unpaired) electrons. The van der Waals surface area contributed by atoms with Gasteiger partial charge in [0.05, 0.1) is 17.1 Å². The summed E-state index contributed by atoms with van der Waals surface area (Å²) in [4.78, 5) is 6.18. The van der Waals surface area contributed by atoms with Crippen LogP contribution in [-0.4, -0.2) is 38.7 Å². The third kappa shape index (κ3) is 3.97. The molecule has 1 fully saturated rings. The maximum absolute atomic E-state index is 13.4. The lowest BCUT2D eigenvalue weighted by Crippen LogP contribution is -2.45. The van der Waals surface area contributed by atoms with Gasteiger partial charge >= 0.3 is 0 Å². The largest absolute Gasteiger partial charge is 0.419 e. The molecule has 8 heteroatoms. The molecule has 0 amide bonds. The summed E-state index contributed by atoms with van der Waals surface area (Å²) in [5.41, 5.74) is 1.75. The van der Waals surface area contributed by atoms with E-state index < -0.39 is 15.7 Å². The number of benzene rings is 2. The lowest BCUT2D eigenvalue weighted by Gasteiger charge is -2.35. The molecule has 2 aromatic carbocycles. The summed E-state index contributed by atoms with van der Waals surface area (Å²) in [6.07, 6.45) is -0.189. The summed E-state index contributed by atoms with van der Waals surface area (Å²) >= 11 is 0. The second-order valence-corrected chi connectivity index (χ2v) is 9.48. The Hall–Kier alpha value is -2.71. The number of morpholine rings is 1. The molecule has 2 heterocycles. The lowest BCUT2D eigenvalue weighted by molar-refractivity contribution is -0.00657. The molecular weight excluding hydrogens is 407 g/mol. The molecule has 0 aliphatic carbocycles. The molecule has 1 aromatic heterocycles. The molecule has 0 saturated carbocycles. The Morgan fingerprint density at radius 2 is 1.60 bits per heavy atom. The maximum atomic E-state index is 13.4. The first kappa shape index (κ1) is 20.6. The van der Waals surface area contributed by atoms with E-state index in [1.165, 1.54) is 12.1 Å². The van der Waals surface area contributed by atoms with E-state index in [0.717, 1.165) is 17.7 Å². The van der Waals surface area contributed by atoms with Gasteiger partial charge in [-0.1, -0.05) is 17.7 Å². The molecule has 1 saturated heterocycles. The summed E-state index contributed by atoms with van der Waals surface area (Å²) in [5, 5.41) is -0.175. The van der Waals surface area contributed by atoms with Crippen molar-refractivity contribution in [1.29, 1.82) is 0 Å². The summed E-state index contributed by atoms with van der Waals surface area (Å²) in [6, 6.07) is 12.2. The second kappa shape index (κ2) is 7.85. The van der Waals surface area contributed by atoms with E-state index >= 15 is 0 Å². The molecule has 0 N–H and O–H groups in total. The van der Waals surface area contributed by atoms with Gasteiger partial charge in [0.2, 0.25) is 26.6 Å². The predicted octanol–water partition coefficient (Wildman–Crippen LogP) is 4.24. The van der Waals surface area contributed by atoms with Crippen LogP contribution in [0, 0.1) is 12.7 Å². The minimum absolute atomic E-state index is 0.0386. The van der Waals surface area contributed by atoms with Gasteiger partial charge in [-0.25, -0.2) is 12.8 Å². The topological polar surface area (TPSA) is 72.6 Å². The molecule has 2 atom stereocenters. The fourth-order valence-electron chi connectivity index (χ4n) is 3.56. The van der Waals surface area contributed by atoms with Crippen molar-refractivity contribution >= 4 is 15.7 Å². The van der Waals surface area contributed by atoms with E-state index in [1.807, 2.05) is 49.9 Å². The number of aromatic nitrogens is 1. The van der Waals surface area contributed by atoms with Crippen molar-refractivity contribution in [2.45, 2.75) is 42.9 Å². The minimum Gasteiger partial charge on any atom is -0.419 e. The number of nitrogens with zero attached hydrogens (tertiary/aromatic N) is 2. The van der Waals surface area contributed by atoms with Crippen molar-refractivity contribution in [2.24, 2.45) is 0 Å². The van der Waals surface area contributed by atoms with Crippen LogP contribution in [-0.2, 0) is 14.6 Å². The van der Waals surface area contributed by atoms with Gasteiger partial charge in [0.25, 0.3) is 0 Å². The molecule has 6 nitrogen and oxygen atoms in total. The zero-order valence-corrected chi connectivity index (χ0v) is 17.8. The average molecular weight is 431 g/mol. The molecule has 30 heavy (non-hydrogen) atoms. The van der Waals surface area contributed by atoms with Gasteiger partial charge in [0, 0.05) is 18.7 Å². The molecular formula is C22H23FN2O4S. The molecule has 1 aliphatic heterocycles. The highest BCUT2D eigenvalue weighted by Gasteiger charge is 2.34. The van der Waals surface area contributed by atoms with E-state index in [0.29, 0.717) is 18.7 Å². The normalized spacial score (nSPS) is 19.8. The Morgan fingerprint density at radius 1 is 1.00 bits per heavy atom. The van der Waals surface area contributed by atoms with Crippen LogP contribution >= 0.6 is 0 Å². The van der Waals surface area contributed by atoms with Crippen molar-refractivity contribution < 1.29 is 22.0 Å². The number of halogens is 1. The first-order valence-corrected chi connectivity index (χ1v) is 11.2. The Bertz CT molecular complexity index is 1130. The predicted molar refractivity (Wildman–Crippen MR) is 111 cm³/mol. The van der Waals surface area contributed by atoms with Gasteiger partial charge in [0.15, 0.2) is 0 Å². The Balaban J connectivity index is 1.85. The van der Waals surface area contributed by atoms with Crippen molar-refractivity contribution in [1.82, 2.24) is 4.98 Å². The summed E-state index contributed by atoms with van der Waals surface area (Å²) in [5.74, 6) is -0.111. The molecule has 3 aromatic rings. The van der Waals surface area contributed by atoms with E-state index in [1.54, 1.807) is 0 Å². The zero-order chi connectivity index (χ0) is 21.5. The average Bonchev–Trinajstić information content (AvgIpc) is 3.14. The number of sulfone groups is 1. The minimum atomic E-state index is -4.02. The SMILES string of the molecule is Cc1ccc(-c2nc(S(=O)(=O)c3ccc(F)cc3)c(N3C[C@H](C)O[C@@H](C)C3)o2)cc1. The number of aryl methyl sites for hydroxylation is 1. The van der Waals surface area contributed by atoms with Gasteiger partial charge in [-0.15, -0.1) is 0 Å². The highest BCUT2D eigenvalue weighted by molar-refractivity contribution is 7.91. The fraction of sp³-hybridized carbons (Fsp3) is 0.318. The van der Waals surface area contributed by atoms with Crippen molar-refractivity contribution in [3.05, 3.63) is 59.9 Å². The molecule has 4 rings (SSSR count). The van der Waals surface area contributed by atoms with Crippen LogP contribution in [0.25, 0.3) is 11.5 Å². The molecule has 0 bridgehead atoms. The highest BCUT2D eigenvalue weighted by atomic mass is 32.2. The third-order valence-corrected chi connectivity index (χ3v) is 6.63. The van der Waals surface area contributed by atoms with Crippen LogP contribution in [0.15, 0.2) is 62.9 Å². The van der Waals surface area contributed by atoms with Crippen LogP contribution in [0.5, 0.6) is 0 Å². The monoisotopic (exact) mass is 430 g/mol. The molecule has 0 spiro atoms. The zero-order valence-electron chi connectivity index (χ0n) is 17.0. The first-order valence-electron chi connectivity index (χ1n) is 9.73. The Labute approximate surface area is 175 Å². The quantitative estimate of drug-likeness (QED) is 0.577. The van der Waals surface area contributed by atoms with E-state index in [-0.39, 0.29) is 33.9 Å². The lowest BCUT2D eigenvalue weighted by atomic mass is 10.1. The van der Waals surface area contributed by atoms with Crippen LogP contribution in [0.2, 0.25) is 0 Å². The van der Waals surface area contributed by atoms with Gasteiger partial charge < -0.3 is 14.1 Å². The number of hydrogen-bond donors (Lipinski definition) is 0. The van der Waals surface area contributed by atoms with Crippen molar-refractivity contribution in [2.75, 3.05) is 18.0 Å². The summed E-state index contributed by atoms with van der Waals surface area (Å²) < 4.78 is 51.9. The first-order chi connectivity index (χ1) is 14.2. The molecule has 1 aliphatic rings. The van der Waals surface area contributed by atoms with Crippen LogP contribution in [0.4, 0.5) is 10.3 Å².